The van der Waals surface area contributed by atoms with Gasteiger partial charge in [0.25, 0.3) is 0 Å². The third-order valence-electron chi connectivity index (χ3n) is 3.12. The van der Waals surface area contributed by atoms with E-state index >= 15 is 0 Å². The Hall–Kier alpha value is -3.08. The molecule has 0 atom stereocenters. The fourth-order valence-corrected chi connectivity index (χ4v) is 1.84. The van der Waals surface area contributed by atoms with Gasteiger partial charge in [0.1, 0.15) is 18.5 Å². The van der Waals surface area contributed by atoms with Crippen molar-refractivity contribution < 1.29 is 4.52 Å². The zero-order valence-corrected chi connectivity index (χ0v) is 20.0. The largest absolute Gasteiger partial charge is 0.356 e. The Labute approximate surface area is 182 Å². The topological polar surface area (TPSA) is 64.7 Å². The van der Waals surface area contributed by atoms with Crippen molar-refractivity contribution in [1.29, 1.82) is 0 Å². The number of rotatable bonds is 0. The smallest absolute Gasteiger partial charge is 0.167 e. The van der Waals surface area contributed by atoms with Gasteiger partial charge in [-0.2, -0.15) is 0 Å². The third kappa shape index (κ3) is 13.2. The molecule has 0 saturated carbocycles. The first-order valence-corrected chi connectivity index (χ1v) is 10.6. The van der Waals surface area contributed by atoms with Crippen molar-refractivity contribution in [1.82, 2.24) is 20.1 Å². The molecule has 0 aliphatic rings. The SMILES string of the molecule is CC.CC.CC.Cc1ccccc1.Cc1ncncn1.Cc1noc2ccccc12. The molecular weight excluding hydrogens is 372 g/mol. The molecule has 0 aliphatic heterocycles. The Morgan fingerprint density at radius 2 is 1.13 bits per heavy atom. The lowest BCUT2D eigenvalue weighted by molar-refractivity contribution is 0.450. The van der Waals surface area contributed by atoms with Crippen LogP contribution in [0.15, 0.2) is 71.8 Å². The average Bonchev–Trinajstić information content (AvgIpc) is 3.21. The van der Waals surface area contributed by atoms with Crippen LogP contribution in [0.1, 0.15) is 58.6 Å². The van der Waals surface area contributed by atoms with Crippen LogP contribution in [0.5, 0.6) is 0 Å². The first-order valence-electron chi connectivity index (χ1n) is 10.6. The highest BCUT2D eigenvalue weighted by molar-refractivity contribution is 5.78. The Kier molecular flexibility index (Phi) is 20.0. The van der Waals surface area contributed by atoms with Gasteiger partial charge in [0.05, 0.1) is 5.69 Å². The molecule has 4 aromatic rings. The van der Waals surface area contributed by atoms with E-state index in [-0.39, 0.29) is 0 Å². The molecule has 0 amide bonds. The van der Waals surface area contributed by atoms with Crippen molar-refractivity contribution in [3.05, 3.63) is 84.3 Å². The van der Waals surface area contributed by atoms with Crippen LogP contribution < -0.4 is 0 Å². The van der Waals surface area contributed by atoms with Gasteiger partial charge in [0.15, 0.2) is 5.58 Å². The fraction of sp³-hybridized carbons (Fsp3) is 0.360. The lowest BCUT2D eigenvalue weighted by atomic mass is 10.2. The Morgan fingerprint density at radius 1 is 0.633 bits per heavy atom. The maximum atomic E-state index is 5.00. The maximum Gasteiger partial charge on any atom is 0.167 e. The van der Waals surface area contributed by atoms with E-state index < -0.39 is 0 Å². The minimum Gasteiger partial charge on any atom is -0.356 e. The van der Waals surface area contributed by atoms with Gasteiger partial charge < -0.3 is 4.52 Å². The summed E-state index contributed by atoms with van der Waals surface area (Å²) in [4.78, 5) is 11.1. The van der Waals surface area contributed by atoms with E-state index in [1.807, 2.05) is 97.9 Å². The standard InChI is InChI=1S/C8H7NO.C7H8.C4H5N3.3C2H6/c1-6-7-4-2-3-5-8(7)10-9-6;1-7-5-3-2-4-6-7;1-4-6-2-5-3-7-4;3*1-2/h2-5H,1H3;2-6H,1H3;2-3H,1H3;3*1-2H3. The normalized spacial score (nSPS) is 8.17. The van der Waals surface area contributed by atoms with E-state index in [0.717, 1.165) is 22.5 Å². The van der Waals surface area contributed by atoms with Crippen molar-refractivity contribution in [2.45, 2.75) is 62.3 Å². The molecule has 2 aromatic heterocycles. The van der Waals surface area contributed by atoms with E-state index in [2.05, 4.69) is 39.2 Å². The number of benzene rings is 2. The first-order chi connectivity index (χ1) is 14.7. The van der Waals surface area contributed by atoms with E-state index in [9.17, 15) is 0 Å². The van der Waals surface area contributed by atoms with Gasteiger partial charge in [-0.15, -0.1) is 0 Å². The lowest BCUT2D eigenvalue weighted by Crippen LogP contribution is -1.84. The van der Waals surface area contributed by atoms with Gasteiger partial charge in [-0.25, -0.2) is 15.0 Å². The van der Waals surface area contributed by atoms with Crippen LogP contribution in [0.2, 0.25) is 0 Å². The van der Waals surface area contributed by atoms with Crippen molar-refractivity contribution in [3.63, 3.8) is 0 Å². The second-order valence-electron chi connectivity index (χ2n) is 5.10. The molecule has 2 aromatic carbocycles. The van der Waals surface area contributed by atoms with Gasteiger partial charge >= 0.3 is 0 Å². The molecular formula is C25H38N4O. The summed E-state index contributed by atoms with van der Waals surface area (Å²) in [6.45, 7) is 17.8. The second kappa shape index (κ2) is 20.6. The monoisotopic (exact) mass is 410 g/mol. The van der Waals surface area contributed by atoms with Gasteiger partial charge in [-0.3, -0.25) is 0 Å². The number of aromatic nitrogens is 4. The highest BCUT2D eigenvalue weighted by Crippen LogP contribution is 2.15. The quantitative estimate of drug-likeness (QED) is 0.302. The molecule has 5 nitrogen and oxygen atoms in total. The molecule has 2 heterocycles. The van der Waals surface area contributed by atoms with Crippen LogP contribution in [0.25, 0.3) is 11.0 Å². The summed E-state index contributed by atoms with van der Waals surface area (Å²) in [7, 11) is 0. The Bertz CT molecular complexity index is 809. The van der Waals surface area contributed by atoms with Gasteiger partial charge in [0, 0.05) is 5.39 Å². The lowest BCUT2D eigenvalue weighted by Gasteiger charge is -1.82. The molecule has 0 saturated heterocycles. The number of hydrogen-bond acceptors (Lipinski definition) is 5. The fourth-order valence-electron chi connectivity index (χ4n) is 1.84. The summed E-state index contributed by atoms with van der Waals surface area (Å²) in [6, 6.07) is 18.1. The summed E-state index contributed by atoms with van der Waals surface area (Å²) in [5.74, 6) is 0.759. The number of fused-ring (bicyclic) bond motifs is 1. The van der Waals surface area contributed by atoms with Crippen molar-refractivity contribution in [3.8, 4) is 0 Å². The first kappa shape index (κ1) is 29.1. The molecule has 0 unspecified atom stereocenters. The predicted octanol–water partition coefficient (Wildman–Crippen LogP) is 7.39. The average molecular weight is 411 g/mol. The van der Waals surface area contributed by atoms with Crippen LogP contribution in [-0.2, 0) is 0 Å². The van der Waals surface area contributed by atoms with Gasteiger partial charge in [0.2, 0.25) is 0 Å². The predicted molar refractivity (Wildman–Crippen MR) is 129 cm³/mol. The van der Waals surface area contributed by atoms with Crippen molar-refractivity contribution >= 4 is 11.0 Å². The molecule has 0 N–H and O–H groups in total. The van der Waals surface area contributed by atoms with Crippen LogP contribution >= 0.6 is 0 Å². The molecule has 164 valence electrons. The van der Waals surface area contributed by atoms with Crippen LogP contribution in [0.3, 0.4) is 0 Å². The zero-order valence-electron chi connectivity index (χ0n) is 20.0. The third-order valence-corrected chi connectivity index (χ3v) is 3.12. The molecule has 0 spiro atoms. The summed E-state index contributed by atoms with van der Waals surface area (Å²) >= 11 is 0. The number of aryl methyl sites for hydroxylation is 3. The molecule has 0 aliphatic carbocycles. The Morgan fingerprint density at radius 3 is 1.53 bits per heavy atom. The van der Waals surface area contributed by atoms with Crippen LogP contribution in [-0.4, -0.2) is 20.1 Å². The van der Waals surface area contributed by atoms with E-state index in [4.69, 9.17) is 4.52 Å². The van der Waals surface area contributed by atoms with Crippen molar-refractivity contribution in [2.75, 3.05) is 0 Å². The van der Waals surface area contributed by atoms with E-state index in [0.29, 0.717) is 0 Å². The Balaban J connectivity index is 0. The van der Waals surface area contributed by atoms with E-state index in [1.54, 1.807) is 0 Å². The number of nitrogens with zero attached hydrogens (tertiary/aromatic N) is 4. The molecule has 0 bridgehead atoms. The second-order valence-corrected chi connectivity index (χ2v) is 5.10. The van der Waals surface area contributed by atoms with Crippen LogP contribution in [0.4, 0.5) is 0 Å². The molecule has 0 radical (unpaired) electrons. The van der Waals surface area contributed by atoms with E-state index in [1.165, 1.54) is 18.2 Å². The maximum absolute atomic E-state index is 5.00. The van der Waals surface area contributed by atoms with Crippen molar-refractivity contribution in [2.24, 2.45) is 0 Å². The summed E-state index contributed by atoms with van der Waals surface area (Å²) in [5, 5.41) is 4.92. The van der Waals surface area contributed by atoms with Gasteiger partial charge in [-0.1, -0.05) is 94.7 Å². The molecule has 4 rings (SSSR count). The number of hydrogen-bond donors (Lipinski definition) is 0. The molecule has 5 heteroatoms. The van der Waals surface area contributed by atoms with Crippen LogP contribution in [0, 0.1) is 20.8 Å². The summed E-state index contributed by atoms with van der Waals surface area (Å²) in [6.07, 6.45) is 2.95. The zero-order chi connectivity index (χ0) is 23.2. The summed E-state index contributed by atoms with van der Waals surface area (Å²) in [5.41, 5.74) is 3.14. The summed E-state index contributed by atoms with van der Waals surface area (Å²) < 4.78 is 5.00. The number of para-hydroxylation sites is 1. The minimum absolute atomic E-state index is 0.759. The minimum atomic E-state index is 0.759. The highest BCUT2D eigenvalue weighted by Gasteiger charge is 1.99. The van der Waals surface area contributed by atoms with Gasteiger partial charge in [-0.05, 0) is 32.9 Å². The molecule has 0 fully saturated rings. The molecule has 30 heavy (non-hydrogen) atoms. The highest BCUT2D eigenvalue weighted by atomic mass is 16.5.